The van der Waals surface area contributed by atoms with E-state index in [1.54, 1.807) is 24.5 Å². The van der Waals surface area contributed by atoms with E-state index in [9.17, 15) is 4.79 Å². The van der Waals surface area contributed by atoms with Crippen molar-refractivity contribution in [1.82, 2.24) is 25.0 Å². The molecule has 144 valence electrons. The lowest BCUT2D eigenvalue weighted by molar-refractivity contribution is 0.0903. The number of amides is 1. The normalized spacial score (nSPS) is 25.1. The molecular formula is C20H27N5O2. The van der Waals surface area contributed by atoms with Gasteiger partial charge < -0.3 is 10.1 Å². The number of carbonyl (C=O) groups is 1. The predicted octanol–water partition coefficient (Wildman–Crippen LogP) is 1.74. The summed E-state index contributed by atoms with van der Waals surface area (Å²) in [5, 5.41) is 7.48. The quantitative estimate of drug-likeness (QED) is 0.840. The molecule has 0 bridgehead atoms. The number of carbonyl (C=O) groups excluding carboxylic acids is 1. The molecule has 7 nitrogen and oxygen atoms in total. The first-order valence-electron chi connectivity index (χ1n) is 9.65. The van der Waals surface area contributed by atoms with Crippen molar-refractivity contribution in [2.45, 2.75) is 32.5 Å². The van der Waals surface area contributed by atoms with E-state index in [-0.39, 0.29) is 12.0 Å². The van der Waals surface area contributed by atoms with Gasteiger partial charge in [-0.05, 0) is 26.0 Å². The minimum Gasteiger partial charge on any atom is -0.376 e. The second-order valence-corrected chi connectivity index (χ2v) is 7.86. The zero-order valence-electron chi connectivity index (χ0n) is 15.9. The Labute approximate surface area is 159 Å². The van der Waals surface area contributed by atoms with Crippen molar-refractivity contribution in [2.75, 3.05) is 26.2 Å². The Bertz CT molecular complexity index is 776. The summed E-state index contributed by atoms with van der Waals surface area (Å²) in [6, 6.07) is 3.85. The van der Waals surface area contributed by atoms with Gasteiger partial charge in [0.2, 0.25) is 0 Å². The summed E-state index contributed by atoms with van der Waals surface area (Å²) >= 11 is 0. The Morgan fingerprint density at radius 1 is 1.33 bits per heavy atom. The summed E-state index contributed by atoms with van der Waals surface area (Å²) in [5.74, 6) is 0.795. The number of rotatable bonds is 6. The van der Waals surface area contributed by atoms with Crippen LogP contribution < -0.4 is 5.32 Å². The highest BCUT2D eigenvalue weighted by Gasteiger charge is 2.43. The lowest BCUT2D eigenvalue weighted by Gasteiger charge is -2.19. The number of nitrogens with zero attached hydrogens (tertiary/aromatic N) is 4. The molecule has 1 N–H and O–H groups in total. The first kappa shape index (κ1) is 18.1. The van der Waals surface area contributed by atoms with Gasteiger partial charge in [0.1, 0.15) is 0 Å². The van der Waals surface area contributed by atoms with Crippen LogP contribution in [0, 0.1) is 11.8 Å². The molecule has 4 heterocycles. The van der Waals surface area contributed by atoms with Crippen molar-refractivity contribution in [3.05, 3.63) is 48.0 Å². The molecule has 27 heavy (non-hydrogen) atoms. The third kappa shape index (κ3) is 4.04. The average molecular weight is 369 g/mol. The molecule has 2 fully saturated rings. The molecule has 7 heteroatoms. The Balaban J connectivity index is 1.29. The van der Waals surface area contributed by atoms with Crippen molar-refractivity contribution in [1.29, 1.82) is 0 Å². The highest BCUT2D eigenvalue weighted by Crippen LogP contribution is 2.34. The second-order valence-electron chi connectivity index (χ2n) is 7.86. The first-order chi connectivity index (χ1) is 13.1. The van der Waals surface area contributed by atoms with E-state index in [2.05, 4.69) is 40.3 Å². The van der Waals surface area contributed by atoms with Gasteiger partial charge in [0.25, 0.3) is 5.91 Å². The van der Waals surface area contributed by atoms with Gasteiger partial charge in [0.05, 0.1) is 18.9 Å². The van der Waals surface area contributed by atoms with Crippen LogP contribution in [-0.4, -0.2) is 57.9 Å². The molecule has 1 amide bonds. The molecular weight excluding hydrogens is 342 g/mol. The van der Waals surface area contributed by atoms with E-state index in [4.69, 9.17) is 4.74 Å². The standard InChI is InChI=1S/C20H27N5O2/c1-14(2)25-10-15(7-23-25)9-24-11-18-17(13-27-19(18)12-24)8-22-20(26)16-3-5-21-6-4-16/h3-7,10,14,17-19H,8-9,11-13H2,1-2H3,(H,22,26)/t17-,18+,19+/m0/s1. The molecule has 4 rings (SSSR count). The molecule has 0 aliphatic carbocycles. The largest absolute Gasteiger partial charge is 0.376 e. The molecule has 2 aromatic heterocycles. The molecule has 3 atom stereocenters. The fourth-order valence-electron chi connectivity index (χ4n) is 4.05. The Morgan fingerprint density at radius 3 is 2.89 bits per heavy atom. The van der Waals surface area contributed by atoms with Crippen LogP contribution in [0.25, 0.3) is 0 Å². The molecule has 2 aliphatic rings. The second kappa shape index (κ2) is 7.78. The average Bonchev–Trinajstić information content (AvgIpc) is 3.37. The third-order valence-corrected chi connectivity index (χ3v) is 5.57. The van der Waals surface area contributed by atoms with Gasteiger partial charge in [-0.3, -0.25) is 19.4 Å². The van der Waals surface area contributed by atoms with Crippen molar-refractivity contribution in [3.8, 4) is 0 Å². The molecule has 2 aliphatic heterocycles. The van der Waals surface area contributed by atoms with Gasteiger partial charge in [-0.2, -0.15) is 5.10 Å². The highest BCUT2D eigenvalue weighted by molar-refractivity contribution is 5.93. The molecule has 0 radical (unpaired) electrons. The van der Waals surface area contributed by atoms with Crippen LogP contribution in [0.2, 0.25) is 0 Å². The number of fused-ring (bicyclic) bond motifs is 1. The minimum atomic E-state index is -0.0446. The van der Waals surface area contributed by atoms with Crippen LogP contribution in [0.4, 0.5) is 0 Å². The van der Waals surface area contributed by atoms with Crippen molar-refractivity contribution < 1.29 is 9.53 Å². The van der Waals surface area contributed by atoms with Gasteiger partial charge >= 0.3 is 0 Å². The van der Waals surface area contributed by atoms with E-state index in [0.717, 1.165) is 26.2 Å². The number of hydrogen-bond acceptors (Lipinski definition) is 5. The lowest BCUT2D eigenvalue weighted by atomic mass is 9.93. The summed E-state index contributed by atoms with van der Waals surface area (Å²) in [6.07, 6.45) is 7.64. The maximum absolute atomic E-state index is 12.3. The number of pyridine rings is 1. The summed E-state index contributed by atoms with van der Waals surface area (Å²) in [6.45, 7) is 8.51. The van der Waals surface area contributed by atoms with E-state index in [1.165, 1.54) is 5.56 Å². The third-order valence-electron chi connectivity index (χ3n) is 5.57. The fraction of sp³-hybridized carbons (Fsp3) is 0.550. The Morgan fingerprint density at radius 2 is 2.15 bits per heavy atom. The van der Waals surface area contributed by atoms with E-state index < -0.39 is 0 Å². The van der Waals surface area contributed by atoms with Crippen LogP contribution in [0.15, 0.2) is 36.9 Å². The van der Waals surface area contributed by atoms with Crippen molar-refractivity contribution in [3.63, 3.8) is 0 Å². The summed E-state index contributed by atoms with van der Waals surface area (Å²) in [4.78, 5) is 18.6. The SMILES string of the molecule is CC(C)n1cc(CN2C[C@@H]3[C@@H](CNC(=O)c4ccncc4)CO[C@@H]3C2)cn1. The number of hydrogen-bond donors (Lipinski definition) is 1. The van der Waals surface area contributed by atoms with Gasteiger partial charge in [0, 0.05) is 73.8 Å². The number of nitrogens with one attached hydrogen (secondary N) is 1. The molecule has 0 aromatic carbocycles. The van der Waals surface area contributed by atoms with Crippen molar-refractivity contribution >= 4 is 5.91 Å². The maximum atomic E-state index is 12.3. The number of aromatic nitrogens is 3. The van der Waals surface area contributed by atoms with Gasteiger partial charge in [0.15, 0.2) is 0 Å². The maximum Gasteiger partial charge on any atom is 0.251 e. The van der Waals surface area contributed by atoms with Gasteiger partial charge in [-0.15, -0.1) is 0 Å². The van der Waals surface area contributed by atoms with Crippen LogP contribution in [0.1, 0.15) is 35.8 Å². The first-order valence-corrected chi connectivity index (χ1v) is 9.65. The summed E-state index contributed by atoms with van der Waals surface area (Å²) in [5.41, 5.74) is 1.89. The van der Waals surface area contributed by atoms with E-state index >= 15 is 0 Å². The fourth-order valence-corrected chi connectivity index (χ4v) is 4.05. The van der Waals surface area contributed by atoms with Gasteiger partial charge in [-0.25, -0.2) is 0 Å². The summed E-state index contributed by atoms with van der Waals surface area (Å²) in [7, 11) is 0. The van der Waals surface area contributed by atoms with Crippen LogP contribution in [0.3, 0.4) is 0 Å². The van der Waals surface area contributed by atoms with Crippen LogP contribution in [-0.2, 0) is 11.3 Å². The van der Waals surface area contributed by atoms with E-state index in [1.807, 2.05) is 10.9 Å². The zero-order chi connectivity index (χ0) is 18.8. The zero-order valence-corrected chi connectivity index (χ0v) is 15.9. The number of ether oxygens (including phenoxy) is 1. The Kier molecular flexibility index (Phi) is 5.22. The highest BCUT2D eigenvalue weighted by atomic mass is 16.5. The van der Waals surface area contributed by atoms with Crippen LogP contribution in [0.5, 0.6) is 0 Å². The molecule has 2 aromatic rings. The smallest absolute Gasteiger partial charge is 0.251 e. The van der Waals surface area contributed by atoms with Crippen LogP contribution >= 0.6 is 0 Å². The monoisotopic (exact) mass is 369 g/mol. The molecule has 0 unspecified atom stereocenters. The molecule has 0 spiro atoms. The number of likely N-dealkylation sites (tertiary alicyclic amines) is 1. The Hall–Kier alpha value is -2.25. The van der Waals surface area contributed by atoms with E-state index in [0.29, 0.717) is 30.0 Å². The summed E-state index contributed by atoms with van der Waals surface area (Å²) < 4.78 is 8.02. The van der Waals surface area contributed by atoms with Crippen molar-refractivity contribution in [2.24, 2.45) is 11.8 Å². The van der Waals surface area contributed by atoms with Gasteiger partial charge in [-0.1, -0.05) is 0 Å². The lowest BCUT2D eigenvalue weighted by Crippen LogP contribution is -2.34. The predicted molar refractivity (Wildman–Crippen MR) is 101 cm³/mol. The molecule has 0 saturated carbocycles. The molecule has 2 saturated heterocycles. The minimum absolute atomic E-state index is 0.0446. The topological polar surface area (TPSA) is 72.3 Å².